The van der Waals surface area contributed by atoms with Gasteiger partial charge in [0.05, 0.1) is 17.9 Å². The van der Waals surface area contributed by atoms with E-state index in [2.05, 4.69) is 15.6 Å². The minimum absolute atomic E-state index is 0.0688. The average Bonchev–Trinajstić information content (AvgIpc) is 3.30. The number of amides is 1. The minimum atomic E-state index is -0.459. The Morgan fingerprint density at radius 3 is 2.96 bits per heavy atom. The Morgan fingerprint density at radius 2 is 2.11 bits per heavy atom. The molecule has 2 aromatic heterocycles. The molecule has 6 nitrogen and oxygen atoms in total. The van der Waals surface area contributed by atoms with Crippen LogP contribution in [0.3, 0.4) is 0 Å². The predicted octanol–water partition coefficient (Wildman–Crippen LogP) is 3.71. The number of hydrogen-bond acceptors (Lipinski definition) is 5. The maximum Gasteiger partial charge on any atom is 0.238 e. The van der Waals surface area contributed by atoms with Crippen LogP contribution in [0.25, 0.3) is 0 Å². The SMILES string of the molecule is O=C1Nc2ccc(Cl)cc2C1c1nc(NCc2ccccn2)nc2c1CCC2. The molecule has 1 aliphatic heterocycles. The van der Waals surface area contributed by atoms with E-state index in [1.165, 1.54) is 0 Å². The molecular formula is C21H18ClN5O. The molecule has 1 amide bonds. The first-order valence-electron chi connectivity index (χ1n) is 9.33. The first kappa shape index (κ1) is 17.1. The van der Waals surface area contributed by atoms with Crippen molar-refractivity contribution < 1.29 is 4.79 Å². The molecule has 0 saturated heterocycles. The van der Waals surface area contributed by atoms with Crippen LogP contribution in [0.15, 0.2) is 42.6 Å². The Balaban J connectivity index is 1.54. The van der Waals surface area contributed by atoms with Crippen molar-refractivity contribution in [1.29, 1.82) is 0 Å². The van der Waals surface area contributed by atoms with E-state index in [0.717, 1.165) is 53.2 Å². The molecule has 3 aromatic rings. The molecule has 1 atom stereocenters. The summed E-state index contributed by atoms with van der Waals surface area (Å²) in [4.78, 5) is 26.6. The van der Waals surface area contributed by atoms with Gasteiger partial charge in [-0.15, -0.1) is 0 Å². The molecule has 7 heteroatoms. The predicted molar refractivity (Wildman–Crippen MR) is 108 cm³/mol. The van der Waals surface area contributed by atoms with Crippen LogP contribution >= 0.6 is 11.6 Å². The number of anilines is 2. The second-order valence-corrected chi connectivity index (χ2v) is 7.48. The maximum absolute atomic E-state index is 12.8. The number of carbonyl (C=O) groups excluding carboxylic acids is 1. The summed E-state index contributed by atoms with van der Waals surface area (Å²) in [6.45, 7) is 0.526. The zero-order valence-corrected chi connectivity index (χ0v) is 15.8. The lowest BCUT2D eigenvalue weighted by Gasteiger charge is -2.15. The van der Waals surface area contributed by atoms with Crippen LogP contribution in [0, 0.1) is 0 Å². The van der Waals surface area contributed by atoms with Gasteiger partial charge in [0.25, 0.3) is 0 Å². The van der Waals surface area contributed by atoms with Crippen LogP contribution in [0.5, 0.6) is 0 Å². The van der Waals surface area contributed by atoms with E-state index in [1.54, 1.807) is 12.3 Å². The Bertz CT molecular complexity index is 1070. The molecule has 0 fully saturated rings. The number of nitrogens with one attached hydrogen (secondary N) is 2. The quantitative estimate of drug-likeness (QED) is 0.708. The van der Waals surface area contributed by atoms with E-state index >= 15 is 0 Å². The van der Waals surface area contributed by atoms with Gasteiger partial charge in [0.2, 0.25) is 11.9 Å². The Hall–Kier alpha value is -2.99. The molecule has 1 aliphatic carbocycles. The highest BCUT2D eigenvalue weighted by Crippen LogP contribution is 2.41. The molecule has 0 bridgehead atoms. The number of nitrogens with zero attached hydrogens (tertiary/aromatic N) is 3. The van der Waals surface area contributed by atoms with Crippen LogP contribution in [-0.2, 0) is 24.2 Å². The second-order valence-electron chi connectivity index (χ2n) is 7.04. The van der Waals surface area contributed by atoms with Crippen molar-refractivity contribution in [3.63, 3.8) is 0 Å². The monoisotopic (exact) mass is 391 g/mol. The summed E-state index contributed by atoms with van der Waals surface area (Å²) < 4.78 is 0. The highest BCUT2D eigenvalue weighted by atomic mass is 35.5. The molecule has 3 heterocycles. The molecule has 0 radical (unpaired) electrons. The standard InChI is InChI=1S/C21H18ClN5O/c22-12-7-8-17-15(10-12)18(20(28)25-17)19-14-5-3-6-16(14)26-21(27-19)24-11-13-4-1-2-9-23-13/h1-2,4,7-10,18H,3,5-6,11H2,(H,25,28)(H,24,26,27). The summed E-state index contributed by atoms with van der Waals surface area (Å²) in [5, 5.41) is 6.83. The van der Waals surface area contributed by atoms with Crippen molar-refractivity contribution in [1.82, 2.24) is 15.0 Å². The lowest BCUT2D eigenvalue weighted by atomic mass is 9.93. The third kappa shape index (κ3) is 2.99. The third-order valence-electron chi connectivity index (χ3n) is 5.24. The summed E-state index contributed by atoms with van der Waals surface area (Å²) in [5.74, 6) is 0.00396. The molecule has 0 saturated carbocycles. The van der Waals surface area contributed by atoms with Crippen LogP contribution < -0.4 is 10.6 Å². The summed E-state index contributed by atoms with van der Waals surface area (Å²) in [6.07, 6.45) is 4.58. The van der Waals surface area contributed by atoms with Gasteiger partial charge in [0, 0.05) is 22.6 Å². The summed E-state index contributed by atoms with van der Waals surface area (Å²) in [7, 11) is 0. The highest BCUT2D eigenvalue weighted by molar-refractivity contribution is 6.31. The Kier molecular flexibility index (Phi) is 4.20. The fourth-order valence-electron chi connectivity index (χ4n) is 3.96. The molecule has 2 aliphatic rings. The number of hydrogen-bond donors (Lipinski definition) is 2. The van der Waals surface area contributed by atoms with Crippen molar-refractivity contribution >= 4 is 29.1 Å². The zero-order chi connectivity index (χ0) is 19.1. The van der Waals surface area contributed by atoms with Crippen molar-refractivity contribution in [2.45, 2.75) is 31.7 Å². The lowest BCUT2D eigenvalue weighted by molar-refractivity contribution is -0.116. The fourth-order valence-corrected chi connectivity index (χ4v) is 4.14. The van der Waals surface area contributed by atoms with Crippen molar-refractivity contribution in [2.75, 3.05) is 10.6 Å². The van der Waals surface area contributed by atoms with Gasteiger partial charge in [0.1, 0.15) is 5.92 Å². The number of pyridine rings is 1. The highest BCUT2D eigenvalue weighted by Gasteiger charge is 2.36. The van der Waals surface area contributed by atoms with Crippen molar-refractivity contribution in [2.24, 2.45) is 0 Å². The summed E-state index contributed by atoms with van der Waals surface area (Å²) in [5.41, 5.74) is 5.48. The normalized spacial score (nSPS) is 17.2. The van der Waals surface area contributed by atoms with E-state index in [4.69, 9.17) is 21.6 Å². The first-order chi connectivity index (χ1) is 13.7. The molecule has 1 unspecified atom stereocenters. The zero-order valence-electron chi connectivity index (χ0n) is 15.1. The number of halogens is 1. The second kappa shape index (κ2) is 6.87. The topological polar surface area (TPSA) is 79.8 Å². The van der Waals surface area contributed by atoms with E-state index in [1.807, 2.05) is 30.3 Å². The van der Waals surface area contributed by atoms with Gasteiger partial charge in [-0.05, 0) is 60.7 Å². The van der Waals surface area contributed by atoms with Gasteiger partial charge in [-0.2, -0.15) is 0 Å². The third-order valence-corrected chi connectivity index (χ3v) is 5.47. The fraction of sp³-hybridized carbons (Fsp3) is 0.238. The van der Waals surface area contributed by atoms with Gasteiger partial charge in [0.15, 0.2) is 0 Å². The van der Waals surface area contributed by atoms with Crippen molar-refractivity contribution in [3.05, 3.63) is 75.8 Å². The van der Waals surface area contributed by atoms with Crippen LogP contribution in [0.1, 0.15) is 40.5 Å². The Morgan fingerprint density at radius 1 is 1.18 bits per heavy atom. The van der Waals surface area contributed by atoms with Gasteiger partial charge >= 0.3 is 0 Å². The summed E-state index contributed by atoms with van der Waals surface area (Å²) >= 11 is 6.20. The van der Waals surface area contributed by atoms with Gasteiger partial charge in [-0.25, -0.2) is 9.97 Å². The number of aromatic nitrogens is 3. The van der Waals surface area contributed by atoms with E-state index in [9.17, 15) is 4.79 Å². The molecule has 0 spiro atoms. The smallest absolute Gasteiger partial charge is 0.238 e. The summed E-state index contributed by atoms with van der Waals surface area (Å²) in [6, 6.07) is 11.3. The molecule has 1 aromatic carbocycles. The van der Waals surface area contributed by atoms with E-state index in [0.29, 0.717) is 17.5 Å². The van der Waals surface area contributed by atoms with Crippen molar-refractivity contribution in [3.8, 4) is 0 Å². The first-order valence-corrected chi connectivity index (χ1v) is 9.70. The molecular weight excluding hydrogens is 374 g/mol. The minimum Gasteiger partial charge on any atom is -0.349 e. The average molecular weight is 392 g/mol. The molecule has 140 valence electrons. The lowest BCUT2D eigenvalue weighted by Crippen LogP contribution is -2.18. The number of rotatable bonds is 4. The number of fused-ring (bicyclic) bond motifs is 2. The number of carbonyl (C=O) groups is 1. The van der Waals surface area contributed by atoms with Gasteiger partial charge in [-0.1, -0.05) is 17.7 Å². The number of aryl methyl sites for hydroxylation is 1. The van der Waals surface area contributed by atoms with E-state index in [-0.39, 0.29) is 5.91 Å². The van der Waals surface area contributed by atoms with Crippen LogP contribution in [-0.4, -0.2) is 20.9 Å². The largest absolute Gasteiger partial charge is 0.349 e. The van der Waals surface area contributed by atoms with Gasteiger partial charge in [-0.3, -0.25) is 9.78 Å². The molecule has 2 N–H and O–H groups in total. The molecule has 28 heavy (non-hydrogen) atoms. The van der Waals surface area contributed by atoms with Crippen LogP contribution in [0.2, 0.25) is 5.02 Å². The van der Waals surface area contributed by atoms with E-state index < -0.39 is 5.92 Å². The number of benzene rings is 1. The van der Waals surface area contributed by atoms with Gasteiger partial charge < -0.3 is 10.6 Å². The Labute approximate surface area is 167 Å². The maximum atomic E-state index is 12.8. The van der Waals surface area contributed by atoms with Crippen LogP contribution in [0.4, 0.5) is 11.6 Å². The molecule has 5 rings (SSSR count).